The Morgan fingerprint density at radius 2 is 1.31 bits per heavy atom. The zero-order valence-corrected chi connectivity index (χ0v) is 39.6. The van der Waals surface area contributed by atoms with Crippen LogP contribution in [-0.2, 0) is 54.2 Å². The Balaban J connectivity index is 0.00000209. The number of hydrogen-bond acceptors (Lipinski definition) is 15. The average molecular weight is 962 g/mol. The monoisotopic (exact) mass is 962 g/mol. The van der Waals surface area contributed by atoms with E-state index in [0.717, 1.165) is 32.1 Å². The van der Waals surface area contributed by atoms with Gasteiger partial charge in [-0.3, -0.25) is 29.3 Å². The van der Waals surface area contributed by atoms with Crippen LogP contribution in [0.15, 0.2) is 48.5 Å². The van der Waals surface area contributed by atoms with Crippen molar-refractivity contribution in [1.82, 2.24) is 21.3 Å². The van der Waals surface area contributed by atoms with Gasteiger partial charge in [0.2, 0.25) is 23.6 Å². The molecule has 380 valence electrons. The normalized spacial score (nSPS) is 13.1. The molecule has 0 spiro atoms. The largest absolute Gasteiger partial charge is 0.514 e. The first-order valence-corrected chi connectivity index (χ1v) is 23.0. The number of nitro benzene ring substituents is 1. The van der Waals surface area contributed by atoms with Crippen LogP contribution in [-0.4, -0.2) is 132 Å². The third kappa shape index (κ3) is 29.0. The molecule has 0 bridgehead atoms. The Labute approximate surface area is 397 Å². The highest BCUT2D eigenvalue weighted by Crippen LogP contribution is 2.20. The van der Waals surface area contributed by atoms with Crippen LogP contribution < -0.4 is 37.1 Å². The second-order valence-electron chi connectivity index (χ2n) is 15.8. The summed E-state index contributed by atoms with van der Waals surface area (Å²) in [5, 5.41) is 23.9. The van der Waals surface area contributed by atoms with Gasteiger partial charge in [0, 0.05) is 37.3 Å². The zero-order valence-electron chi connectivity index (χ0n) is 39.6. The predicted octanol–water partition coefficient (Wildman–Crippen LogP) is 4.27. The molecule has 2 aromatic rings. The number of anilines is 1. The number of primary amides is 1. The lowest BCUT2D eigenvalue weighted by Gasteiger charge is -2.21. The van der Waals surface area contributed by atoms with E-state index in [-0.39, 0.29) is 74.7 Å². The Morgan fingerprint density at radius 1 is 0.721 bits per heavy atom. The number of ether oxygens (including phenoxy) is 7. The third-order valence-electron chi connectivity index (χ3n) is 9.74. The fourth-order valence-electron chi connectivity index (χ4n) is 6.12. The van der Waals surface area contributed by atoms with Crippen LogP contribution in [0.1, 0.15) is 84.1 Å². The Hall–Kier alpha value is -5.94. The standard InChI is InChI=1S/C42H61N5O14.C4H10N2O/c1-31(2)40(41(51)44-28-38(49)45-33-12-10-32(11-13-33)29-60-42(52)61-36-16-14-34(15-17-36)47(53)54)46-37(48)18-20-55-22-24-57-26-27-58-25-23-56-21-19-43-39(50)30-59-35-8-6-4-3-5-7-9-35;1-2-3-6-4(5)7/h10-17,31,35,40H,3-9,18-30H2,1-2H3,(H,43,50)(H,44,51)(H,45,49)(H,46,48);2-3H2,1H3,(H3,5,6,7). The van der Waals surface area contributed by atoms with Gasteiger partial charge in [-0.1, -0.05) is 65.0 Å². The summed E-state index contributed by atoms with van der Waals surface area (Å²) in [5.74, 6) is -1.69. The van der Waals surface area contributed by atoms with E-state index in [9.17, 15) is 38.9 Å². The fraction of sp³-hybridized carbons (Fsp3) is 0.609. The molecule has 6 amide bonds. The molecule has 22 heteroatoms. The predicted molar refractivity (Wildman–Crippen MR) is 250 cm³/mol. The smallest absolute Gasteiger partial charge is 0.429 e. The quantitative estimate of drug-likeness (QED) is 0.0210. The molecule has 1 unspecified atom stereocenters. The van der Waals surface area contributed by atoms with Crippen molar-refractivity contribution in [3.05, 3.63) is 64.2 Å². The van der Waals surface area contributed by atoms with E-state index >= 15 is 0 Å². The van der Waals surface area contributed by atoms with Gasteiger partial charge in [0.1, 0.15) is 25.0 Å². The van der Waals surface area contributed by atoms with Gasteiger partial charge in [0.25, 0.3) is 5.69 Å². The highest BCUT2D eigenvalue weighted by atomic mass is 16.7. The topological polar surface area (TPSA) is 296 Å². The van der Waals surface area contributed by atoms with Gasteiger partial charge in [-0.25, -0.2) is 9.59 Å². The zero-order chi connectivity index (χ0) is 49.8. The second-order valence-corrected chi connectivity index (χ2v) is 15.8. The molecular formula is C46H71N7O15. The van der Waals surface area contributed by atoms with Crippen molar-refractivity contribution < 1.29 is 66.8 Å². The number of amides is 6. The number of urea groups is 1. The Morgan fingerprint density at radius 3 is 1.87 bits per heavy atom. The van der Waals surface area contributed by atoms with Crippen LogP contribution in [0.4, 0.5) is 21.0 Å². The molecule has 1 aliphatic carbocycles. The van der Waals surface area contributed by atoms with Gasteiger partial charge in [-0.15, -0.1) is 0 Å². The van der Waals surface area contributed by atoms with Crippen LogP contribution in [0, 0.1) is 16.0 Å². The molecule has 0 radical (unpaired) electrons. The number of benzene rings is 2. The van der Waals surface area contributed by atoms with Crippen LogP contribution in [0.5, 0.6) is 5.75 Å². The summed E-state index contributed by atoms with van der Waals surface area (Å²) < 4.78 is 37.8. The third-order valence-corrected chi connectivity index (χ3v) is 9.74. The number of hydrogen-bond donors (Lipinski definition) is 6. The maximum absolute atomic E-state index is 12.8. The number of nitro groups is 1. The summed E-state index contributed by atoms with van der Waals surface area (Å²) >= 11 is 0. The molecule has 0 saturated heterocycles. The molecule has 1 fully saturated rings. The number of carbonyl (C=O) groups excluding carboxylic acids is 6. The summed E-state index contributed by atoms with van der Waals surface area (Å²) in [7, 11) is 0. The van der Waals surface area contributed by atoms with Gasteiger partial charge in [0.15, 0.2) is 0 Å². The Kier molecular flexibility index (Phi) is 30.9. The van der Waals surface area contributed by atoms with Gasteiger partial charge >= 0.3 is 12.2 Å². The lowest BCUT2D eigenvalue weighted by molar-refractivity contribution is -0.384. The summed E-state index contributed by atoms with van der Waals surface area (Å²) in [6, 6.07) is 10.0. The number of nitrogens with two attached hydrogens (primary N) is 1. The molecule has 22 nitrogen and oxygen atoms in total. The molecule has 1 aliphatic rings. The van der Waals surface area contributed by atoms with Crippen molar-refractivity contribution in [2.75, 3.05) is 84.4 Å². The highest BCUT2D eigenvalue weighted by molar-refractivity contribution is 5.96. The van der Waals surface area contributed by atoms with Crippen molar-refractivity contribution in [1.29, 1.82) is 0 Å². The molecule has 3 rings (SSSR count). The molecule has 0 heterocycles. The minimum absolute atomic E-state index is 0.0278. The van der Waals surface area contributed by atoms with Gasteiger partial charge in [0.05, 0.1) is 70.4 Å². The maximum atomic E-state index is 12.8. The number of non-ortho nitro benzene ring substituents is 1. The van der Waals surface area contributed by atoms with Crippen molar-refractivity contribution in [2.45, 2.75) is 97.3 Å². The Bertz CT molecular complexity index is 1780. The van der Waals surface area contributed by atoms with Crippen LogP contribution in [0.3, 0.4) is 0 Å². The highest BCUT2D eigenvalue weighted by Gasteiger charge is 2.24. The SMILES string of the molecule is CC(C)C(NC(=O)CCOCCOCCOCCOCCNC(=O)COC1CCCCCCC1)C(=O)NCC(=O)Nc1ccc(COC(=O)Oc2ccc([N+](=O)[O-])cc2)cc1.CCCNC(N)=O. The summed E-state index contributed by atoms with van der Waals surface area (Å²) in [6.07, 6.45) is 8.30. The van der Waals surface area contributed by atoms with Crippen molar-refractivity contribution in [3.8, 4) is 5.75 Å². The van der Waals surface area contributed by atoms with E-state index in [1.54, 1.807) is 38.1 Å². The molecular weight excluding hydrogens is 891 g/mol. The van der Waals surface area contributed by atoms with E-state index in [2.05, 4.69) is 26.6 Å². The number of nitrogens with zero attached hydrogens (tertiary/aromatic N) is 1. The first kappa shape index (κ1) is 58.2. The molecule has 7 N–H and O–H groups in total. The summed E-state index contributed by atoms with van der Waals surface area (Å²) in [5.41, 5.74) is 5.61. The molecule has 0 aliphatic heterocycles. The molecule has 2 aromatic carbocycles. The average Bonchev–Trinajstić information content (AvgIpc) is 3.30. The molecule has 1 saturated carbocycles. The maximum Gasteiger partial charge on any atom is 0.514 e. The van der Waals surface area contributed by atoms with Crippen LogP contribution >= 0.6 is 0 Å². The van der Waals surface area contributed by atoms with Crippen LogP contribution in [0.25, 0.3) is 0 Å². The lowest BCUT2D eigenvalue weighted by Crippen LogP contribution is -2.51. The van der Waals surface area contributed by atoms with Gasteiger partial charge in [-0.05, 0) is 55.0 Å². The summed E-state index contributed by atoms with van der Waals surface area (Å²) in [4.78, 5) is 81.9. The molecule has 0 aromatic heterocycles. The fourth-order valence-corrected chi connectivity index (χ4v) is 6.12. The molecule has 68 heavy (non-hydrogen) atoms. The van der Waals surface area contributed by atoms with E-state index in [1.807, 2.05) is 6.92 Å². The summed E-state index contributed by atoms with van der Waals surface area (Å²) in [6.45, 7) is 8.84. The number of carbonyl (C=O) groups is 6. The van der Waals surface area contributed by atoms with E-state index < -0.39 is 35.0 Å². The van der Waals surface area contributed by atoms with Crippen molar-refractivity contribution in [3.63, 3.8) is 0 Å². The lowest BCUT2D eigenvalue weighted by atomic mass is 9.99. The number of nitrogens with one attached hydrogen (secondary N) is 5. The first-order chi connectivity index (χ1) is 32.8. The van der Waals surface area contributed by atoms with Crippen molar-refractivity contribution >= 4 is 47.2 Å². The van der Waals surface area contributed by atoms with Gasteiger partial charge in [-0.2, -0.15) is 0 Å². The minimum Gasteiger partial charge on any atom is -0.429 e. The van der Waals surface area contributed by atoms with E-state index in [4.69, 9.17) is 38.9 Å². The van der Waals surface area contributed by atoms with Crippen LogP contribution in [0.2, 0.25) is 0 Å². The molecule has 1 atom stereocenters. The second kappa shape index (κ2) is 36.1. The van der Waals surface area contributed by atoms with Crippen molar-refractivity contribution in [2.24, 2.45) is 11.7 Å². The van der Waals surface area contributed by atoms with Gasteiger partial charge < -0.3 is 65.5 Å². The number of rotatable bonds is 30. The minimum atomic E-state index is -0.998. The van der Waals surface area contributed by atoms with E-state index in [0.29, 0.717) is 64.0 Å². The van der Waals surface area contributed by atoms with E-state index in [1.165, 1.54) is 43.5 Å². The first-order valence-electron chi connectivity index (χ1n) is 23.0.